The number of hydrogen-bond donors (Lipinski definition) is 0. The summed E-state index contributed by atoms with van der Waals surface area (Å²) in [5.74, 6) is 1.94. The fourth-order valence-electron chi connectivity index (χ4n) is 2.35. The monoisotopic (exact) mass is 243 g/mol. The van der Waals surface area contributed by atoms with E-state index in [1.54, 1.807) is 14.2 Å². The van der Waals surface area contributed by atoms with Crippen LogP contribution in [0.25, 0.3) is 0 Å². The molecule has 0 aromatic rings. The second kappa shape index (κ2) is 11.0. The lowest BCUT2D eigenvalue weighted by atomic mass is 9.96. The number of ether oxygens (including phenoxy) is 1. The molecule has 0 saturated carbocycles. The molecule has 0 aromatic heterocycles. The fourth-order valence-corrected chi connectivity index (χ4v) is 2.35. The van der Waals surface area contributed by atoms with E-state index in [9.17, 15) is 0 Å². The topological polar surface area (TPSA) is 12.5 Å². The summed E-state index contributed by atoms with van der Waals surface area (Å²) in [6, 6.07) is 0. The molecule has 0 bridgehead atoms. The van der Waals surface area contributed by atoms with E-state index in [-0.39, 0.29) is 0 Å². The van der Waals surface area contributed by atoms with Crippen molar-refractivity contribution in [3.05, 3.63) is 0 Å². The quantitative estimate of drug-likeness (QED) is 0.728. The minimum Gasteiger partial charge on any atom is -0.388 e. The van der Waals surface area contributed by atoms with Crippen LogP contribution in [0.5, 0.6) is 0 Å². The first kappa shape index (κ1) is 16.9. The molecule has 0 spiro atoms. The van der Waals surface area contributed by atoms with Crippen molar-refractivity contribution >= 4 is 0 Å². The fraction of sp³-hybridized carbons (Fsp3) is 1.00. The first-order valence-electron chi connectivity index (χ1n) is 7.30. The number of likely N-dealkylation sites (tertiary alicyclic amines) is 1. The van der Waals surface area contributed by atoms with Crippen molar-refractivity contribution in [3.63, 3.8) is 0 Å². The third-order valence-corrected chi connectivity index (χ3v) is 3.88. The van der Waals surface area contributed by atoms with Gasteiger partial charge in [-0.3, -0.25) is 0 Å². The Morgan fingerprint density at radius 1 is 1.12 bits per heavy atom. The van der Waals surface area contributed by atoms with Crippen LogP contribution >= 0.6 is 0 Å². The highest BCUT2D eigenvalue weighted by atomic mass is 16.4. The van der Waals surface area contributed by atoms with Gasteiger partial charge in [0, 0.05) is 14.2 Å². The number of methoxy groups -OCH3 is 1. The summed E-state index contributed by atoms with van der Waals surface area (Å²) < 4.78 is 4.25. The molecule has 104 valence electrons. The highest BCUT2D eigenvalue weighted by molar-refractivity contribution is 4.70. The van der Waals surface area contributed by atoms with Gasteiger partial charge in [0.1, 0.15) is 0 Å². The van der Waals surface area contributed by atoms with Gasteiger partial charge in [-0.2, -0.15) is 0 Å². The van der Waals surface area contributed by atoms with Crippen LogP contribution in [0.3, 0.4) is 0 Å². The largest absolute Gasteiger partial charge is 0.388 e. The Balaban J connectivity index is 0.000000770. The Kier molecular flexibility index (Phi) is 11.0. The molecule has 1 saturated heterocycles. The van der Waals surface area contributed by atoms with Crippen LogP contribution in [0.2, 0.25) is 0 Å². The normalized spacial score (nSPS) is 18.0. The highest BCUT2D eigenvalue weighted by Gasteiger charge is 2.15. The predicted octanol–water partition coefficient (Wildman–Crippen LogP) is 3.81. The van der Waals surface area contributed by atoms with Gasteiger partial charge in [-0.15, -0.1) is 0 Å². The number of nitrogens with zero attached hydrogens (tertiary/aromatic N) is 1. The lowest BCUT2D eigenvalue weighted by molar-refractivity contribution is 0.179. The molecule has 2 heteroatoms. The van der Waals surface area contributed by atoms with E-state index >= 15 is 0 Å². The van der Waals surface area contributed by atoms with E-state index in [2.05, 4.69) is 30.4 Å². The first-order valence-corrected chi connectivity index (χ1v) is 7.30. The van der Waals surface area contributed by atoms with Crippen LogP contribution in [-0.2, 0) is 4.74 Å². The summed E-state index contributed by atoms with van der Waals surface area (Å²) >= 11 is 0. The van der Waals surface area contributed by atoms with Crippen LogP contribution < -0.4 is 0 Å². The molecule has 2 nitrogen and oxygen atoms in total. The van der Waals surface area contributed by atoms with Crippen LogP contribution in [-0.4, -0.2) is 38.8 Å². The molecule has 0 radical (unpaired) electrons. The molecule has 0 amide bonds. The summed E-state index contributed by atoms with van der Waals surface area (Å²) in [5.41, 5.74) is 0. The van der Waals surface area contributed by atoms with E-state index in [1.807, 2.05) is 0 Å². The molecule has 0 aromatic carbocycles. The van der Waals surface area contributed by atoms with Gasteiger partial charge in [0.15, 0.2) is 0 Å². The molecular weight excluding hydrogens is 210 g/mol. The van der Waals surface area contributed by atoms with Crippen molar-refractivity contribution in [1.29, 1.82) is 0 Å². The minimum absolute atomic E-state index is 0.967. The number of piperidine rings is 1. The summed E-state index contributed by atoms with van der Waals surface area (Å²) in [5, 5.41) is 0. The second-order valence-corrected chi connectivity index (χ2v) is 5.40. The van der Waals surface area contributed by atoms with Gasteiger partial charge in [-0.25, -0.2) is 0 Å². The standard InChI is InChI=1S/C13H27N.C2H6O/c1-4-13(5-2)8-11-14-9-6-12(3)7-10-14;1-3-2/h12-13H,4-11H2,1-3H3;1-2H3. The summed E-state index contributed by atoms with van der Waals surface area (Å²) in [4.78, 5) is 2.66. The van der Waals surface area contributed by atoms with Crippen LogP contribution in [0, 0.1) is 11.8 Å². The second-order valence-electron chi connectivity index (χ2n) is 5.40. The lowest BCUT2D eigenvalue weighted by Crippen LogP contribution is -2.34. The molecule has 1 aliphatic heterocycles. The molecule has 1 fully saturated rings. The molecule has 17 heavy (non-hydrogen) atoms. The number of hydrogen-bond acceptors (Lipinski definition) is 2. The van der Waals surface area contributed by atoms with Crippen molar-refractivity contribution < 1.29 is 4.74 Å². The van der Waals surface area contributed by atoms with Gasteiger partial charge in [0.25, 0.3) is 0 Å². The summed E-state index contributed by atoms with van der Waals surface area (Å²) in [6.07, 6.45) is 6.98. The third kappa shape index (κ3) is 8.62. The third-order valence-electron chi connectivity index (χ3n) is 3.88. The summed E-state index contributed by atoms with van der Waals surface area (Å²) in [6.45, 7) is 11.1. The smallest absolute Gasteiger partial charge is 0.0351 e. The Morgan fingerprint density at radius 2 is 1.59 bits per heavy atom. The van der Waals surface area contributed by atoms with Gasteiger partial charge in [-0.05, 0) is 50.7 Å². The van der Waals surface area contributed by atoms with Gasteiger partial charge in [-0.1, -0.05) is 33.6 Å². The van der Waals surface area contributed by atoms with Gasteiger partial charge >= 0.3 is 0 Å². The predicted molar refractivity (Wildman–Crippen MR) is 76.5 cm³/mol. The SMILES string of the molecule is CCC(CC)CCN1CCC(C)CC1.COC. The highest BCUT2D eigenvalue weighted by Crippen LogP contribution is 2.18. The van der Waals surface area contributed by atoms with Crippen molar-refractivity contribution in [1.82, 2.24) is 4.90 Å². The Morgan fingerprint density at radius 3 is 2.00 bits per heavy atom. The van der Waals surface area contributed by atoms with Crippen molar-refractivity contribution in [2.45, 2.75) is 52.9 Å². The van der Waals surface area contributed by atoms with Crippen LogP contribution in [0.4, 0.5) is 0 Å². The van der Waals surface area contributed by atoms with Crippen LogP contribution in [0.1, 0.15) is 52.9 Å². The average molecular weight is 243 g/mol. The van der Waals surface area contributed by atoms with E-state index in [1.165, 1.54) is 51.7 Å². The average Bonchev–Trinajstić information content (AvgIpc) is 2.34. The zero-order valence-electron chi connectivity index (χ0n) is 12.7. The van der Waals surface area contributed by atoms with E-state index < -0.39 is 0 Å². The molecular formula is C15H33NO. The molecule has 0 unspecified atom stereocenters. The molecule has 1 rings (SSSR count). The molecule has 0 atom stereocenters. The molecule has 0 aliphatic carbocycles. The van der Waals surface area contributed by atoms with E-state index in [0.29, 0.717) is 0 Å². The molecule has 1 heterocycles. The van der Waals surface area contributed by atoms with E-state index in [0.717, 1.165) is 11.8 Å². The van der Waals surface area contributed by atoms with Crippen molar-refractivity contribution in [2.75, 3.05) is 33.9 Å². The number of rotatable bonds is 5. The Labute approximate surface area is 109 Å². The van der Waals surface area contributed by atoms with Gasteiger partial charge in [0.05, 0.1) is 0 Å². The molecule has 0 N–H and O–H groups in total. The summed E-state index contributed by atoms with van der Waals surface area (Å²) in [7, 11) is 3.25. The van der Waals surface area contributed by atoms with Crippen LogP contribution in [0.15, 0.2) is 0 Å². The zero-order valence-corrected chi connectivity index (χ0v) is 12.7. The van der Waals surface area contributed by atoms with Crippen molar-refractivity contribution in [2.24, 2.45) is 11.8 Å². The maximum Gasteiger partial charge on any atom is 0.0351 e. The lowest BCUT2D eigenvalue weighted by Gasteiger charge is -2.31. The minimum atomic E-state index is 0.967. The van der Waals surface area contributed by atoms with E-state index in [4.69, 9.17) is 0 Å². The maximum absolute atomic E-state index is 4.25. The Bertz CT molecular complexity index is 149. The van der Waals surface area contributed by atoms with Gasteiger partial charge in [0.2, 0.25) is 0 Å². The van der Waals surface area contributed by atoms with Crippen molar-refractivity contribution in [3.8, 4) is 0 Å². The molecule has 1 aliphatic rings. The Hall–Kier alpha value is -0.0800. The van der Waals surface area contributed by atoms with Gasteiger partial charge < -0.3 is 9.64 Å². The zero-order chi connectivity index (χ0) is 13.1. The maximum atomic E-state index is 4.25. The first-order chi connectivity index (χ1) is 8.17.